The zero-order valence-corrected chi connectivity index (χ0v) is 14.6. The molecule has 0 saturated heterocycles. The highest BCUT2D eigenvalue weighted by Crippen LogP contribution is 2.46. The van der Waals surface area contributed by atoms with Crippen LogP contribution in [0.25, 0.3) is 0 Å². The maximum Gasteiger partial charge on any atom is 0.205 e. The zero-order chi connectivity index (χ0) is 19.0. The highest BCUT2D eigenvalue weighted by molar-refractivity contribution is 6.00. The fraction of sp³-hybridized carbons (Fsp3) is 0.182. The van der Waals surface area contributed by atoms with Gasteiger partial charge in [-0.2, -0.15) is 5.26 Å². The van der Waals surface area contributed by atoms with Gasteiger partial charge in [0.2, 0.25) is 5.88 Å². The van der Waals surface area contributed by atoms with E-state index < -0.39 is 5.92 Å². The monoisotopic (exact) mass is 358 g/mol. The van der Waals surface area contributed by atoms with Crippen LogP contribution in [0, 0.1) is 11.3 Å². The predicted molar refractivity (Wildman–Crippen MR) is 99.2 cm³/mol. The number of allylic oxidation sites excluding steroid dienone is 3. The first-order valence-corrected chi connectivity index (χ1v) is 8.76. The lowest BCUT2D eigenvalue weighted by Crippen LogP contribution is -2.29. The molecule has 2 aromatic carbocycles. The maximum absolute atomic E-state index is 13.1. The van der Waals surface area contributed by atoms with Gasteiger partial charge in [0, 0.05) is 18.4 Å². The number of aromatic hydroxyl groups is 1. The molecule has 5 nitrogen and oxygen atoms in total. The molecule has 4 rings (SSSR count). The van der Waals surface area contributed by atoms with Crippen LogP contribution in [0.1, 0.15) is 35.8 Å². The molecule has 0 unspecified atom stereocenters. The van der Waals surface area contributed by atoms with Gasteiger partial charge in [0.25, 0.3) is 0 Å². The molecular formula is C22H18N2O3. The van der Waals surface area contributed by atoms with Crippen molar-refractivity contribution in [1.29, 1.82) is 5.26 Å². The summed E-state index contributed by atoms with van der Waals surface area (Å²) < 4.78 is 5.74. The lowest BCUT2D eigenvalue weighted by molar-refractivity contribution is -0.117. The van der Waals surface area contributed by atoms with Crippen LogP contribution in [-0.4, -0.2) is 10.9 Å². The third-order valence-corrected chi connectivity index (χ3v) is 5.16. The highest BCUT2D eigenvalue weighted by atomic mass is 16.5. The van der Waals surface area contributed by atoms with E-state index in [2.05, 4.69) is 6.07 Å². The molecule has 2 aliphatic rings. The summed E-state index contributed by atoms with van der Waals surface area (Å²) in [6, 6.07) is 18.4. The standard InChI is InChI=1S/C22H18N2O3/c23-12-17-20(14-6-8-16(25)9-7-14)21-18(26)10-15(11-19(21)27-22(17)24)13-4-2-1-3-5-13/h1-9,15,20,25H,10-11,24H2/t15-,20-/m0/s1. The molecule has 0 saturated carbocycles. The Balaban J connectivity index is 1.79. The number of rotatable bonds is 2. The number of nitrogens with zero attached hydrogens (tertiary/aromatic N) is 1. The number of hydrogen-bond donors (Lipinski definition) is 2. The molecule has 1 aliphatic heterocycles. The number of nitrogens with two attached hydrogens (primary N) is 1. The lowest BCUT2D eigenvalue weighted by Gasteiger charge is -2.34. The molecule has 0 aromatic heterocycles. The summed E-state index contributed by atoms with van der Waals surface area (Å²) in [6.07, 6.45) is 0.915. The van der Waals surface area contributed by atoms with Gasteiger partial charge in [-0.15, -0.1) is 0 Å². The fourth-order valence-electron chi connectivity index (χ4n) is 3.87. The van der Waals surface area contributed by atoms with Crippen LogP contribution in [0.2, 0.25) is 0 Å². The summed E-state index contributed by atoms with van der Waals surface area (Å²) in [6.45, 7) is 0. The van der Waals surface area contributed by atoms with E-state index in [-0.39, 0.29) is 28.9 Å². The van der Waals surface area contributed by atoms with Crippen molar-refractivity contribution in [3.63, 3.8) is 0 Å². The Morgan fingerprint density at radius 1 is 1.04 bits per heavy atom. The van der Waals surface area contributed by atoms with Crippen LogP contribution < -0.4 is 5.73 Å². The van der Waals surface area contributed by atoms with E-state index in [1.807, 2.05) is 30.3 Å². The van der Waals surface area contributed by atoms with Crippen molar-refractivity contribution in [2.75, 3.05) is 0 Å². The Bertz CT molecular complexity index is 998. The average Bonchev–Trinajstić information content (AvgIpc) is 2.68. The van der Waals surface area contributed by atoms with Gasteiger partial charge in [0.05, 0.1) is 5.92 Å². The minimum Gasteiger partial charge on any atom is -0.508 e. The molecule has 0 bridgehead atoms. The van der Waals surface area contributed by atoms with Crippen molar-refractivity contribution >= 4 is 5.78 Å². The molecule has 3 N–H and O–H groups in total. The third-order valence-electron chi connectivity index (χ3n) is 5.16. The largest absolute Gasteiger partial charge is 0.508 e. The van der Waals surface area contributed by atoms with Crippen molar-refractivity contribution in [1.82, 2.24) is 0 Å². The molecule has 0 amide bonds. The first-order chi connectivity index (χ1) is 13.1. The Morgan fingerprint density at radius 3 is 2.41 bits per heavy atom. The molecule has 27 heavy (non-hydrogen) atoms. The molecular weight excluding hydrogens is 340 g/mol. The number of ketones is 1. The maximum atomic E-state index is 13.1. The van der Waals surface area contributed by atoms with E-state index in [1.54, 1.807) is 12.1 Å². The van der Waals surface area contributed by atoms with Gasteiger partial charge in [0.15, 0.2) is 5.78 Å². The fourth-order valence-corrected chi connectivity index (χ4v) is 3.87. The van der Waals surface area contributed by atoms with Crippen molar-refractivity contribution in [3.05, 3.63) is 88.5 Å². The van der Waals surface area contributed by atoms with Crippen LogP contribution >= 0.6 is 0 Å². The second-order valence-electron chi connectivity index (χ2n) is 6.79. The molecule has 1 heterocycles. The van der Waals surface area contributed by atoms with Gasteiger partial charge in [-0.1, -0.05) is 42.5 Å². The van der Waals surface area contributed by atoms with Crippen LogP contribution in [0.5, 0.6) is 5.75 Å². The summed E-state index contributed by atoms with van der Waals surface area (Å²) in [4.78, 5) is 13.1. The number of benzene rings is 2. The number of Topliss-reactive ketones (excluding diaryl/α,β-unsaturated/α-hetero) is 1. The predicted octanol–water partition coefficient (Wildman–Crippen LogP) is 3.60. The number of nitriles is 1. The van der Waals surface area contributed by atoms with E-state index in [0.29, 0.717) is 24.2 Å². The zero-order valence-electron chi connectivity index (χ0n) is 14.6. The van der Waals surface area contributed by atoms with Crippen LogP contribution in [0.4, 0.5) is 0 Å². The van der Waals surface area contributed by atoms with Gasteiger partial charge in [0.1, 0.15) is 23.2 Å². The van der Waals surface area contributed by atoms with E-state index in [1.165, 1.54) is 12.1 Å². The number of ether oxygens (including phenoxy) is 1. The molecule has 0 fully saturated rings. The Kier molecular flexibility index (Phi) is 4.17. The van der Waals surface area contributed by atoms with Crippen molar-refractivity contribution in [3.8, 4) is 11.8 Å². The summed E-state index contributed by atoms with van der Waals surface area (Å²) in [7, 11) is 0. The van der Waals surface area contributed by atoms with Crippen molar-refractivity contribution in [2.24, 2.45) is 5.73 Å². The van der Waals surface area contributed by atoms with Gasteiger partial charge in [-0.05, 0) is 29.2 Å². The van der Waals surface area contributed by atoms with Gasteiger partial charge in [-0.25, -0.2) is 0 Å². The second-order valence-corrected chi connectivity index (χ2v) is 6.79. The second kappa shape index (κ2) is 6.65. The molecule has 2 aromatic rings. The quantitative estimate of drug-likeness (QED) is 0.855. The van der Waals surface area contributed by atoms with E-state index in [0.717, 1.165) is 11.1 Å². The Morgan fingerprint density at radius 2 is 1.74 bits per heavy atom. The number of carbonyl (C=O) groups is 1. The molecule has 134 valence electrons. The normalized spacial score (nSPS) is 22.1. The summed E-state index contributed by atoms with van der Waals surface area (Å²) in [5.74, 6) is 0.112. The lowest BCUT2D eigenvalue weighted by atomic mass is 9.73. The van der Waals surface area contributed by atoms with Gasteiger partial charge >= 0.3 is 0 Å². The van der Waals surface area contributed by atoms with Gasteiger partial charge < -0.3 is 15.6 Å². The van der Waals surface area contributed by atoms with Crippen molar-refractivity contribution < 1.29 is 14.6 Å². The summed E-state index contributed by atoms with van der Waals surface area (Å²) in [5, 5.41) is 19.2. The van der Waals surface area contributed by atoms with Crippen LogP contribution in [0.3, 0.4) is 0 Å². The molecule has 2 atom stereocenters. The summed E-state index contributed by atoms with van der Waals surface area (Å²) >= 11 is 0. The average molecular weight is 358 g/mol. The van der Waals surface area contributed by atoms with E-state index in [9.17, 15) is 15.2 Å². The Labute approximate surface area is 157 Å². The first kappa shape index (κ1) is 16.9. The molecule has 0 radical (unpaired) electrons. The minimum absolute atomic E-state index is 0.0225. The highest BCUT2D eigenvalue weighted by Gasteiger charge is 2.40. The van der Waals surface area contributed by atoms with Crippen LogP contribution in [0.15, 0.2) is 77.4 Å². The molecule has 5 heteroatoms. The number of hydrogen-bond acceptors (Lipinski definition) is 5. The van der Waals surface area contributed by atoms with E-state index >= 15 is 0 Å². The number of carbonyl (C=O) groups excluding carboxylic acids is 1. The van der Waals surface area contributed by atoms with E-state index in [4.69, 9.17) is 10.5 Å². The third kappa shape index (κ3) is 2.96. The van der Waals surface area contributed by atoms with Crippen molar-refractivity contribution in [2.45, 2.75) is 24.7 Å². The molecule has 0 spiro atoms. The van der Waals surface area contributed by atoms with Gasteiger partial charge in [-0.3, -0.25) is 4.79 Å². The first-order valence-electron chi connectivity index (χ1n) is 8.76. The Hall–Kier alpha value is -3.52. The number of phenols is 1. The minimum atomic E-state index is -0.566. The topological polar surface area (TPSA) is 96.3 Å². The molecule has 1 aliphatic carbocycles. The number of phenolic OH excluding ortho intramolecular Hbond substituents is 1. The SMILES string of the molecule is N#CC1=C(N)OC2=C(C(=O)C[C@H](c3ccccc3)C2)[C@H]1c1ccc(O)cc1. The summed E-state index contributed by atoms with van der Waals surface area (Å²) in [5.41, 5.74) is 8.56. The smallest absolute Gasteiger partial charge is 0.205 e. The van der Waals surface area contributed by atoms with Crippen LogP contribution in [-0.2, 0) is 9.53 Å².